The van der Waals surface area contributed by atoms with E-state index in [0.29, 0.717) is 36.2 Å². The van der Waals surface area contributed by atoms with E-state index in [-0.39, 0.29) is 12.7 Å². The molecular formula is C19H22N4O3. The molecule has 0 spiro atoms. The lowest BCUT2D eigenvalue weighted by atomic mass is 10.1. The van der Waals surface area contributed by atoms with E-state index in [1.807, 2.05) is 4.90 Å². The van der Waals surface area contributed by atoms with Crippen LogP contribution in [0.15, 0.2) is 24.5 Å². The minimum atomic E-state index is 0.00225. The maximum Gasteiger partial charge on any atom is 0.254 e. The Labute approximate surface area is 152 Å². The van der Waals surface area contributed by atoms with Crippen LogP contribution in [0.5, 0.6) is 11.5 Å². The lowest BCUT2D eigenvalue weighted by Crippen LogP contribution is -2.33. The number of benzene rings is 1. The maximum atomic E-state index is 12.9. The molecule has 7 heteroatoms. The van der Waals surface area contributed by atoms with Crippen LogP contribution < -0.4 is 14.8 Å². The van der Waals surface area contributed by atoms with Crippen molar-refractivity contribution in [3.63, 3.8) is 0 Å². The van der Waals surface area contributed by atoms with Gasteiger partial charge >= 0.3 is 0 Å². The molecular weight excluding hydrogens is 332 g/mol. The first kappa shape index (κ1) is 16.6. The molecule has 4 rings (SSSR count). The molecule has 0 unspecified atom stereocenters. The molecule has 1 amide bonds. The first-order chi connectivity index (χ1) is 12.6. The van der Waals surface area contributed by atoms with Crippen LogP contribution in [0.25, 0.3) is 0 Å². The Hall–Kier alpha value is -2.83. The Balaban J connectivity index is 1.53. The highest BCUT2D eigenvalue weighted by molar-refractivity contribution is 5.95. The number of carbonyl (C=O) groups is 1. The summed E-state index contributed by atoms with van der Waals surface area (Å²) in [6, 6.07) is 5.63. The fourth-order valence-electron chi connectivity index (χ4n) is 3.34. The third kappa shape index (κ3) is 3.16. The number of nitrogens with zero attached hydrogens (tertiary/aromatic N) is 3. The summed E-state index contributed by atoms with van der Waals surface area (Å²) in [6.45, 7) is 5.65. The lowest BCUT2D eigenvalue weighted by Gasteiger charge is -2.20. The van der Waals surface area contributed by atoms with Crippen molar-refractivity contribution >= 4 is 11.7 Å². The molecule has 0 bridgehead atoms. The Morgan fingerprint density at radius 1 is 1.15 bits per heavy atom. The smallest absolute Gasteiger partial charge is 0.254 e. The van der Waals surface area contributed by atoms with Gasteiger partial charge < -0.3 is 19.7 Å². The van der Waals surface area contributed by atoms with Crippen LogP contribution in [0, 0.1) is 0 Å². The molecule has 26 heavy (non-hydrogen) atoms. The molecule has 2 aromatic rings. The number of anilines is 1. The zero-order valence-electron chi connectivity index (χ0n) is 15.0. The van der Waals surface area contributed by atoms with E-state index in [0.717, 1.165) is 29.9 Å². The van der Waals surface area contributed by atoms with Gasteiger partial charge in [-0.15, -0.1) is 0 Å². The molecule has 0 radical (unpaired) electrons. The second-order valence-corrected chi connectivity index (χ2v) is 6.81. The van der Waals surface area contributed by atoms with Gasteiger partial charge in [0.2, 0.25) is 6.79 Å². The van der Waals surface area contributed by atoms with Crippen LogP contribution in [0.4, 0.5) is 5.82 Å². The molecule has 2 aliphatic heterocycles. The predicted molar refractivity (Wildman–Crippen MR) is 96.7 cm³/mol. The van der Waals surface area contributed by atoms with E-state index >= 15 is 0 Å². The van der Waals surface area contributed by atoms with E-state index in [1.54, 1.807) is 24.5 Å². The number of fused-ring (bicyclic) bond motifs is 2. The average Bonchev–Trinajstić information content (AvgIpc) is 2.98. The third-order valence-corrected chi connectivity index (χ3v) is 4.62. The van der Waals surface area contributed by atoms with Crippen molar-refractivity contribution in [2.45, 2.75) is 32.7 Å². The van der Waals surface area contributed by atoms with E-state index < -0.39 is 0 Å². The molecule has 1 N–H and O–H groups in total. The van der Waals surface area contributed by atoms with Crippen molar-refractivity contribution in [1.82, 2.24) is 14.9 Å². The summed E-state index contributed by atoms with van der Waals surface area (Å²) in [5.74, 6) is 2.19. The lowest BCUT2D eigenvalue weighted by molar-refractivity contribution is 0.0762. The molecule has 1 aromatic heterocycles. The third-order valence-electron chi connectivity index (χ3n) is 4.62. The van der Waals surface area contributed by atoms with Gasteiger partial charge in [0.25, 0.3) is 5.91 Å². The number of nitrogens with one attached hydrogen (secondary N) is 1. The monoisotopic (exact) mass is 354 g/mol. The second-order valence-electron chi connectivity index (χ2n) is 6.81. The summed E-state index contributed by atoms with van der Waals surface area (Å²) in [7, 11) is 0. The standard InChI is InChI=1S/C19H22N4O3/c1-12(2)22-18-14-5-7-23(8-6-15(14)20-10-21-18)19(24)13-3-4-16-17(9-13)26-11-25-16/h3-4,9-10,12H,5-8,11H2,1-2H3,(H,20,21,22). The first-order valence-corrected chi connectivity index (χ1v) is 8.90. The van der Waals surface area contributed by atoms with Crippen molar-refractivity contribution in [2.24, 2.45) is 0 Å². The Kier molecular flexibility index (Phi) is 4.36. The Bertz CT molecular complexity index is 838. The maximum absolute atomic E-state index is 12.9. The summed E-state index contributed by atoms with van der Waals surface area (Å²) in [4.78, 5) is 23.6. The largest absolute Gasteiger partial charge is 0.454 e. The number of carbonyl (C=O) groups excluding carboxylic acids is 1. The first-order valence-electron chi connectivity index (χ1n) is 8.90. The van der Waals surface area contributed by atoms with E-state index in [2.05, 4.69) is 29.1 Å². The normalized spacial score (nSPS) is 15.6. The van der Waals surface area contributed by atoms with Crippen molar-refractivity contribution in [2.75, 3.05) is 25.2 Å². The predicted octanol–water partition coefficient (Wildman–Crippen LogP) is 2.27. The van der Waals surface area contributed by atoms with Crippen molar-refractivity contribution in [3.05, 3.63) is 41.3 Å². The molecule has 1 aromatic carbocycles. The van der Waals surface area contributed by atoms with E-state index in [1.165, 1.54) is 0 Å². The zero-order chi connectivity index (χ0) is 18.1. The number of amides is 1. The van der Waals surface area contributed by atoms with Crippen LogP contribution in [-0.4, -0.2) is 46.7 Å². The van der Waals surface area contributed by atoms with Gasteiger partial charge in [-0.1, -0.05) is 0 Å². The number of ether oxygens (including phenoxy) is 2. The molecule has 0 aliphatic carbocycles. The summed E-state index contributed by atoms with van der Waals surface area (Å²) in [5.41, 5.74) is 2.75. The minimum Gasteiger partial charge on any atom is -0.454 e. The van der Waals surface area contributed by atoms with E-state index in [4.69, 9.17) is 9.47 Å². The quantitative estimate of drug-likeness (QED) is 0.911. The highest BCUT2D eigenvalue weighted by atomic mass is 16.7. The molecule has 0 saturated heterocycles. The fourth-order valence-corrected chi connectivity index (χ4v) is 3.34. The minimum absolute atomic E-state index is 0.00225. The Morgan fingerprint density at radius 3 is 2.81 bits per heavy atom. The van der Waals surface area contributed by atoms with Crippen LogP contribution in [0.3, 0.4) is 0 Å². The number of hydrogen-bond donors (Lipinski definition) is 1. The number of rotatable bonds is 3. The van der Waals surface area contributed by atoms with Crippen molar-refractivity contribution in [3.8, 4) is 11.5 Å². The average molecular weight is 354 g/mol. The van der Waals surface area contributed by atoms with Gasteiger partial charge in [-0.25, -0.2) is 9.97 Å². The molecule has 136 valence electrons. The van der Waals surface area contributed by atoms with Crippen LogP contribution >= 0.6 is 0 Å². The van der Waals surface area contributed by atoms with Crippen molar-refractivity contribution in [1.29, 1.82) is 0 Å². The van der Waals surface area contributed by atoms with Crippen molar-refractivity contribution < 1.29 is 14.3 Å². The van der Waals surface area contributed by atoms with Gasteiger partial charge in [0.05, 0.1) is 5.69 Å². The summed E-state index contributed by atoms with van der Waals surface area (Å²) < 4.78 is 10.7. The van der Waals surface area contributed by atoms with Crippen LogP contribution in [0.1, 0.15) is 35.5 Å². The molecule has 0 saturated carbocycles. The van der Waals surface area contributed by atoms with E-state index in [9.17, 15) is 4.79 Å². The van der Waals surface area contributed by atoms with Gasteiger partial charge in [-0.05, 0) is 38.5 Å². The van der Waals surface area contributed by atoms with Gasteiger partial charge in [0.1, 0.15) is 12.1 Å². The molecule has 2 aliphatic rings. The molecule has 0 fully saturated rings. The Morgan fingerprint density at radius 2 is 1.96 bits per heavy atom. The summed E-state index contributed by atoms with van der Waals surface area (Å²) >= 11 is 0. The second kappa shape index (κ2) is 6.82. The molecule has 0 atom stereocenters. The molecule has 3 heterocycles. The van der Waals surface area contributed by atoms with Crippen LogP contribution in [-0.2, 0) is 12.8 Å². The zero-order valence-corrected chi connectivity index (χ0v) is 15.0. The molecule has 7 nitrogen and oxygen atoms in total. The van der Waals surface area contributed by atoms with Gasteiger partial charge in [0.15, 0.2) is 11.5 Å². The summed E-state index contributed by atoms with van der Waals surface area (Å²) in [5, 5.41) is 3.38. The highest BCUT2D eigenvalue weighted by Gasteiger charge is 2.24. The number of aromatic nitrogens is 2. The fraction of sp³-hybridized carbons (Fsp3) is 0.421. The number of hydrogen-bond acceptors (Lipinski definition) is 6. The van der Waals surface area contributed by atoms with Gasteiger partial charge in [-0.2, -0.15) is 0 Å². The highest BCUT2D eigenvalue weighted by Crippen LogP contribution is 2.33. The van der Waals surface area contributed by atoms with Gasteiger partial charge in [0, 0.05) is 36.7 Å². The van der Waals surface area contributed by atoms with Gasteiger partial charge in [-0.3, -0.25) is 4.79 Å². The SMILES string of the molecule is CC(C)Nc1ncnc2c1CCN(C(=O)c1ccc3c(c1)OCO3)CC2. The topological polar surface area (TPSA) is 76.6 Å². The summed E-state index contributed by atoms with van der Waals surface area (Å²) in [6.07, 6.45) is 3.06. The van der Waals surface area contributed by atoms with Crippen LogP contribution in [0.2, 0.25) is 0 Å².